The van der Waals surface area contributed by atoms with Gasteiger partial charge in [-0.05, 0) is 26.0 Å². The molecule has 1 aromatic carbocycles. The molecule has 1 aliphatic carbocycles. The molecule has 0 radical (unpaired) electrons. The maximum atomic E-state index is 12.4. The average molecular weight is 360 g/mol. The topological polar surface area (TPSA) is 87.7 Å². The molecule has 9 heteroatoms. The molecule has 0 bridgehead atoms. The summed E-state index contributed by atoms with van der Waals surface area (Å²) >= 11 is 6.06. The van der Waals surface area contributed by atoms with Crippen LogP contribution in [0.25, 0.3) is 0 Å². The second-order valence-corrected chi connectivity index (χ2v) is 7.87. The van der Waals surface area contributed by atoms with Gasteiger partial charge in [-0.15, -0.1) is 0 Å². The number of likely N-dealkylation sites (N-methyl/N-ethyl adjacent to an activating group) is 1. The van der Waals surface area contributed by atoms with Gasteiger partial charge in [-0.2, -0.15) is 0 Å². The normalized spacial score (nSPS) is 17.6. The molecule has 1 fully saturated rings. The highest BCUT2D eigenvalue weighted by Gasteiger charge is 2.27. The van der Waals surface area contributed by atoms with E-state index in [2.05, 4.69) is 14.9 Å². The minimum Gasteiger partial charge on any atom is -0.482 e. The van der Waals surface area contributed by atoms with Crippen LogP contribution in [0.5, 0.6) is 5.75 Å². The van der Waals surface area contributed by atoms with E-state index in [9.17, 15) is 13.2 Å². The van der Waals surface area contributed by atoms with Gasteiger partial charge < -0.3 is 15.0 Å². The molecule has 1 heterocycles. The Balaban J connectivity index is 1.72. The fourth-order valence-corrected chi connectivity index (χ4v) is 3.98. The number of sulfonamides is 1. The van der Waals surface area contributed by atoms with E-state index in [4.69, 9.17) is 16.3 Å². The third-order valence-corrected chi connectivity index (χ3v) is 5.81. The predicted molar refractivity (Wildman–Crippen MR) is 86.4 cm³/mol. The van der Waals surface area contributed by atoms with Crippen LogP contribution in [0, 0.1) is 0 Å². The van der Waals surface area contributed by atoms with Crippen LogP contribution in [-0.4, -0.2) is 52.0 Å². The van der Waals surface area contributed by atoms with Crippen molar-refractivity contribution in [3.05, 3.63) is 17.2 Å². The second kappa shape index (κ2) is 6.27. The van der Waals surface area contributed by atoms with E-state index in [0.717, 1.165) is 0 Å². The number of nitrogens with zero attached hydrogens (tertiary/aromatic N) is 1. The number of nitrogens with one attached hydrogen (secondary N) is 2. The van der Waals surface area contributed by atoms with Gasteiger partial charge in [0.15, 0.2) is 6.61 Å². The highest BCUT2D eigenvalue weighted by molar-refractivity contribution is 7.89. The number of carbonyl (C=O) groups is 1. The van der Waals surface area contributed by atoms with Gasteiger partial charge in [0.1, 0.15) is 10.6 Å². The summed E-state index contributed by atoms with van der Waals surface area (Å²) in [6, 6.07) is 3.30. The van der Waals surface area contributed by atoms with Gasteiger partial charge in [-0.25, -0.2) is 13.1 Å². The number of anilines is 1. The van der Waals surface area contributed by atoms with Crippen LogP contribution in [0.15, 0.2) is 17.0 Å². The van der Waals surface area contributed by atoms with Gasteiger partial charge in [0.25, 0.3) is 5.91 Å². The first-order valence-electron chi connectivity index (χ1n) is 7.33. The molecule has 1 amide bonds. The number of carbonyl (C=O) groups excluding carboxylic acids is 1. The molecule has 2 aliphatic rings. The van der Waals surface area contributed by atoms with E-state index in [1.165, 1.54) is 25.0 Å². The lowest BCUT2D eigenvalue weighted by atomic mass is 10.2. The monoisotopic (exact) mass is 359 g/mol. The predicted octanol–water partition coefficient (Wildman–Crippen LogP) is 1.04. The Hall–Kier alpha value is -1.35. The summed E-state index contributed by atoms with van der Waals surface area (Å²) in [5.41, 5.74) is 0.374. The Labute approximate surface area is 140 Å². The van der Waals surface area contributed by atoms with E-state index in [1.54, 1.807) is 0 Å². The zero-order chi connectivity index (χ0) is 16.6. The zero-order valence-electron chi connectivity index (χ0n) is 12.6. The van der Waals surface area contributed by atoms with E-state index in [-0.39, 0.29) is 22.4 Å². The van der Waals surface area contributed by atoms with Crippen molar-refractivity contribution in [2.24, 2.45) is 0 Å². The fourth-order valence-electron chi connectivity index (χ4n) is 2.42. The number of benzene rings is 1. The Morgan fingerprint density at radius 3 is 2.87 bits per heavy atom. The molecule has 1 aromatic rings. The van der Waals surface area contributed by atoms with Crippen LogP contribution < -0.4 is 14.8 Å². The van der Waals surface area contributed by atoms with Crippen LogP contribution in [0.1, 0.15) is 12.8 Å². The van der Waals surface area contributed by atoms with Crippen molar-refractivity contribution < 1.29 is 17.9 Å². The van der Waals surface area contributed by atoms with Gasteiger partial charge in [-0.3, -0.25) is 4.79 Å². The van der Waals surface area contributed by atoms with E-state index in [0.29, 0.717) is 30.6 Å². The van der Waals surface area contributed by atoms with Crippen molar-refractivity contribution in [1.29, 1.82) is 0 Å². The van der Waals surface area contributed by atoms with Crippen LogP contribution in [0.2, 0.25) is 5.02 Å². The summed E-state index contributed by atoms with van der Waals surface area (Å²) in [5, 5.41) is 2.63. The fraction of sp³-hybridized carbons (Fsp3) is 0.500. The number of hydrogen-bond donors (Lipinski definition) is 2. The Bertz CT molecular complexity index is 734. The van der Waals surface area contributed by atoms with Crippen LogP contribution in [-0.2, 0) is 14.8 Å². The van der Waals surface area contributed by atoms with E-state index in [1.807, 2.05) is 7.05 Å². The van der Waals surface area contributed by atoms with Crippen molar-refractivity contribution in [3.63, 3.8) is 0 Å². The van der Waals surface area contributed by atoms with E-state index < -0.39 is 10.0 Å². The van der Waals surface area contributed by atoms with Gasteiger partial charge >= 0.3 is 0 Å². The van der Waals surface area contributed by atoms with Crippen molar-refractivity contribution in [1.82, 2.24) is 9.62 Å². The summed E-state index contributed by atoms with van der Waals surface area (Å²) in [6.07, 6.45) is 2.34. The highest BCUT2D eigenvalue weighted by atomic mass is 35.5. The summed E-state index contributed by atoms with van der Waals surface area (Å²) in [5.74, 6) is -0.00474. The molecule has 3 rings (SSSR count). The van der Waals surface area contributed by atoms with Gasteiger partial charge in [0.05, 0.1) is 10.7 Å². The molecular formula is C14H18ClN3O4S. The quantitative estimate of drug-likeness (QED) is 0.792. The number of halogens is 1. The molecule has 0 saturated heterocycles. The highest BCUT2D eigenvalue weighted by Crippen LogP contribution is 2.35. The lowest BCUT2D eigenvalue weighted by molar-refractivity contribution is -0.118. The number of ether oxygens (including phenoxy) is 1. The molecule has 1 saturated carbocycles. The second-order valence-electron chi connectivity index (χ2n) is 5.73. The number of hydrogen-bond acceptors (Lipinski definition) is 5. The summed E-state index contributed by atoms with van der Waals surface area (Å²) in [4.78, 5) is 13.4. The van der Waals surface area contributed by atoms with Gasteiger partial charge in [0, 0.05) is 25.2 Å². The third kappa shape index (κ3) is 3.77. The maximum Gasteiger partial charge on any atom is 0.262 e. The SMILES string of the molecule is CN(CCNS(=O)(=O)c1cc2c(cc1Cl)NC(=O)CO2)C1CC1. The first kappa shape index (κ1) is 16.5. The smallest absolute Gasteiger partial charge is 0.262 e. The van der Waals surface area contributed by atoms with Gasteiger partial charge in [-0.1, -0.05) is 11.6 Å². The Morgan fingerprint density at radius 1 is 1.43 bits per heavy atom. The summed E-state index contributed by atoms with van der Waals surface area (Å²) in [6.45, 7) is 0.799. The average Bonchev–Trinajstić information content (AvgIpc) is 3.30. The molecule has 0 aromatic heterocycles. The standard InChI is InChI=1S/C14H18ClN3O4S/c1-18(9-2-3-9)5-4-16-23(20,21)13-7-12-11(6-10(13)15)17-14(19)8-22-12/h6-7,9,16H,2-5,8H2,1H3,(H,17,19). The molecule has 2 N–H and O–H groups in total. The zero-order valence-corrected chi connectivity index (χ0v) is 14.2. The number of amides is 1. The maximum absolute atomic E-state index is 12.4. The molecule has 23 heavy (non-hydrogen) atoms. The number of rotatable bonds is 6. The lowest BCUT2D eigenvalue weighted by Gasteiger charge is -2.20. The lowest BCUT2D eigenvalue weighted by Crippen LogP contribution is -2.34. The molecule has 0 spiro atoms. The van der Waals surface area contributed by atoms with Crippen molar-refractivity contribution in [2.75, 3.05) is 32.1 Å². The van der Waals surface area contributed by atoms with Crippen LogP contribution >= 0.6 is 11.6 Å². The molecule has 126 valence electrons. The molecule has 1 aliphatic heterocycles. The molecule has 0 unspecified atom stereocenters. The Kier molecular flexibility index (Phi) is 4.50. The minimum absolute atomic E-state index is 0.0394. The first-order chi connectivity index (χ1) is 10.9. The van der Waals surface area contributed by atoms with Crippen molar-refractivity contribution >= 4 is 33.2 Å². The van der Waals surface area contributed by atoms with Crippen molar-refractivity contribution in [2.45, 2.75) is 23.8 Å². The van der Waals surface area contributed by atoms with E-state index >= 15 is 0 Å². The first-order valence-corrected chi connectivity index (χ1v) is 9.19. The third-order valence-electron chi connectivity index (χ3n) is 3.88. The van der Waals surface area contributed by atoms with Gasteiger partial charge in [0.2, 0.25) is 10.0 Å². The summed E-state index contributed by atoms with van der Waals surface area (Å²) in [7, 11) is -1.76. The Morgan fingerprint density at radius 2 is 2.17 bits per heavy atom. The van der Waals surface area contributed by atoms with Crippen molar-refractivity contribution in [3.8, 4) is 5.75 Å². The molecule has 7 nitrogen and oxygen atoms in total. The van der Waals surface area contributed by atoms with Crippen LogP contribution in [0.3, 0.4) is 0 Å². The summed E-state index contributed by atoms with van der Waals surface area (Å²) < 4.78 is 32.6. The minimum atomic E-state index is -3.74. The molecular weight excluding hydrogens is 342 g/mol. The molecule has 0 atom stereocenters. The largest absolute Gasteiger partial charge is 0.482 e. The van der Waals surface area contributed by atoms with Crippen LogP contribution in [0.4, 0.5) is 5.69 Å². The number of fused-ring (bicyclic) bond motifs is 1.